The zero-order valence-electron chi connectivity index (χ0n) is 13.4. The Morgan fingerprint density at radius 3 is 2.60 bits per heavy atom. The Morgan fingerprint density at radius 1 is 1.24 bits per heavy atom. The summed E-state index contributed by atoms with van der Waals surface area (Å²) in [5, 5.41) is 3.81. The van der Waals surface area contributed by atoms with Crippen molar-refractivity contribution in [3.8, 4) is 11.5 Å². The number of anilines is 1. The highest BCUT2D eigenvalue weighted by Gasteiger charge is 2.15. The highest BCUT2D eigenvalue weighted by atomic mass is 35.5. The Kier molecular flexibility index (Phi) is 5.32. The molecule has 3 rings (SSSR count). The predicted molar refractivity (Wildman–Crippen MR) is 102 cm³/mol. The van der Waals surface area contributed by atoms with Crippen molar-refractivity contribution in [2.24, 2.45) is 0 Å². The summed E-state index contributed by atoms with van der Waals surface area (Å²) in [6.45, 7) is 2.26. The molecule has 0 fully saturated rings. The molecule has 1 heterocycles. The van der Waals surface area contributed by atoms with E-state index in [9.17, 15) is 4.79 Å². The SMILES string of the molecule is CCOc1c(Cl)cc(C(=O)Nc2nc3ccc(OC)cc3s2)cc1Cl. The number of benzene rings is 2. The molecule has 0 aliphatic rings. The Balaban J connectivity index is 1.84. The van der Waals surface area contributed by atoms with Crippen molar-refractivity contribution in [3.05, 3.63) is 45.9 Å². The van der Waals surface area contributed by atoms with Gasteiger partial charge in [0.05, 0.1) is 34.0 Å². The van der Waals surface area contributed by atoms with Gasteiger partial charge >= 0.3 is 0 Å². The number of methoxy groups -OCH3 is 1. The highest BCUT2D eigenvalue weighted by Crippen LogP contribution is 2.35. The van der Waals surface area contributed by atoms with E-state index in [0.29, 0.717) is 23.1 Å². The lowest BCUT2D eigenvalue weighted by Gasteiger charge is -2.10. The first kappa shape index (κ1) is 17.8. The van der Waals surface area contributed by atoms with Gasteiger partial charge in [0.25, 0.3) is 5.91 Å². The van der Waals surface area contributed by atoms with Gasteiger partial charge in [0, 0.05) is 5.56 Å². The molecular weight excluding hydrogens is 383 g/mol. The molecule has 8 heteroatoms. The van der Waals surface area contributed by atoms with E-state index in [0.717, 1.165) is 16.0 Å². The summed E-state index contributed by atoms with van der Waals surface area (Å²) in [5.74, 6) is 0.756. The molecule has 0 spiro atoms. The predicted octanol–water partition coefficient (Wildman–Crippen LogP) is 5.26. The van der Waals surface area contributed by atoms with E-state index in [2.05, 4.69) is 10.3 Å². The molecule has 1 amide bonds. The smallest absolute Gasteiger partial charge is 0.257 e. The zero-order valence-corrected chi connectivity index (χ0v) is 15.8. The number of hydrogen-bond donors (Lipinski definition) is 1. The second-order valence-corrected chi connectivity index (χ2v) is 6.85. The van der Waals surface area contributed by atoms with E-state index < -0.39 is 0 Å². The van der Waals surface area contributed by atoms with E-state index in [1.165, 1.54) is 23.5 Å². The number of nitrogens with zero attached hydrogens (tertiary/aromatic N) is 1. The van der Waals surface area contributed by atoms with Crippen LogP contribution < -0.4 is 14.8 Å². The molecule has 0 atom stereocenters. The van der Waals surface area contributed by atoms with Gasteiger partial charge in [0.15, 0.2) is 10.9 Å². The van der Waals surface area contributed by atoms with Crippen LogP contribution in [0.2, 0.25) is 10.0 Å². The second kappa shape index (κ2) is 7.47. The van der Waals surface area contributed by atoms with Crippen molar-refractivity contribution in [1.82, 2.24) is 4.98 Å². The molecule has 1 N–H and O–H groups in total. The number of ether oxygens (including phenoxy) is 2. The van der Waals surface area contributed by atoms with Gasteiger partial charge in [0.2, 0.25) is 0 Å². The lowest BCUT2D eigenvalue weighted by atomic mass is 10.2. The lowest BCUT2D eigenvalue weighted by molar-refractivity contribution is 0.102. The number of hydrogen-bond acceptors (Lipinski definition) is 5. The van der Waals surface area contributed by atoms with Crippen LogP contribution in [0.1, 0.15) is 17.3 Å². The number of carbonyl (C=O) groups excluding carboxylic acids is 1. The first-order valence-electron chi connectivity index (χ1n) is 7.39. The summed E-state index contributed by atoms with van der Waals surface area (Å²) in [7, 11) is 1.60. The van der Waals surface area contributed by atoms with E-state index in [4.69, 9.17) is 32.7 Å². The second-order valence-electron chi connectivity index (χ2n) is 5.01. The summed E-state index contributed by atoms with van der Waals surface area (Å²) in [5.41, 5.74) is 1.11. The fourth-order valence-electron chi connectivity index (χ4n) is 2.23. The fourth-order valence-corrected chi connectivity index (χ4v) is 3.71. The summed E-state index contributed by atoms with van der Waals surface area (Å²) in [6, 6.07) is 8.56. The summed E-state index contributed by atoms with van der Waals surface area (Å²) < 4.78 is 11.5. The molecule has 0 radical (unpaired) electrons. The van der Waals surface area contributed by atoms with E-state index in [1.54, 1.807) is 7.11 Å². The molecule has 25 heavy (non-hydrogen) atoms. The van der Waals surface area contributed by atoms with Crippen LogP contribution in [0.5, 0.6) is 11.5 Å². The number of nitrogens with one attached hydrogen (secondary N) is 1. The summed E-state index contributed by atoms with van der Waals surface area (Å²) in [4.78, 5) is 16.8. The quantitative estimate of drug-likeness (QED) is 0.638. The van der Waals surface area contributed by atoms with Crippen LogP contribution in [0.25, 0.3) is 10.2 Å². The minimum Gasteiger partial charge on any atom is -0.497 e. The third-order valence-corrected chi connectivity index (χ3v) is 4.86. The van der Waals surface area contributed by atoms with Gasteiger partial charge in [-0.2, -0.15) is 0 Å². The summed E-state index contributed by atoms with van der Waals surface area (Å²) in [6.07, 6.45) is 0. The lowest BCUT2D eigenvalue weighted by Crippen LogP contribution is -2.12. The van der Waals surface area contributed by atoms with Crippen molar-refractivity contribution < 1.29 is 14.3 Å². The Hall–Kier alpha value is -2.02. The minimum atomic E-state index is -0.349. The Bertz CT molecular complexity index is 920. The van der Waals surface area contributed by atoms with Crippen molar-refractivity contribution in [2.45, 2.75) is 6.92 Å². The molecule has 0 unspecified atom stereocenters. The minimum absolute atomic E-state index is 0.286. The molecule has 0 saturated carbocycles. The average Bonchev–Trinajstić information content (AvgIpc) is 2.98. The number of amides is 1. The number of thiazole rings is 1. The highest BCUT2D eigenvalue weighted by molar-refractivity contribution is 7.22. The molecule has 2 aromatic carbocycles. The first-order chi connectivity index (χ1) is 12.0. The van der Waals surface area contributed by atoms with Crippen LogP contribution in [0.3, 0.4) is 0 Å². The van der Waals surface area contributed by atoms with Crippen LogP contribution in [-0.4, -0.2) is 24.6 Å². The van der Waals surface area contributed by atoms with Crippen molar-refractivity contribution in [1.29, 1.82) is 0 Å². The van der Waals surface area contributed by atoms with Gasteiger partial charge in [-0.15, -0.1) is 0 Å². The molecule has 0 bridgehead atoms. The van der Waals surface area contributed by atoms with Crippen LogP contribution in [0.4, 0.5) is 5.13 Å². The molecule has 0 saturated heterocycles. The monoisotopic (exact) mass is 396 g/mol. The molecule has 0 aliphatic heterocycles. The van der Waals surface area contributed by atoms with Gasteiger partial charge in [-0.1, -0.05) is 34.5 Å². The van der Waals surface area contributed by atoms with Gasteiger partial charge < -0.3 is 9.47 Å². The molecule has 0 aliphatic carbocycles. The topological polar surface area (TPSA) is 60.5 Å². The molecule has 5 nitrogen and oxygen atoms in total. The maximum atomic E-state index is 12.5. The largest absolute Gasteiger partial charge is 0.497 e. The number of fused-ring (bicyclic) bond motifs is 1. The third kappa shape index (κ3) is 3.81. The number of halogens is 2. The van der Waals surface area contributed by atoms with Crippen molar-refractivity contribution in [3.63, 3.8) is 0 Å². The zero-order chi connectivity index (χ0) is 18.0. The number of aromatic nitrogens is 1. The first-order valence-corrected chi connectivity index (χ1v) is 8.96. The van der Waals surface area contributed by atoms with Gasteiger partial charge in [-0.25, -0.2) is 4.98 Å². The van der Waals surface area contributed by atoms with Gasteiger partial charge in [-0.3, -0.25) is 10.1 Å². The van der Waals surface area contributed by atoms with Crippen LogP contribution >= 0.6 is 34.5 Å². The van der Waals surface area contributed by atoms with Crippen LogP contribution in [0, 0.1) is 0 Å². The molecule has 3 aromatic rings. The Morgan fingerprint density at radius 2 is 1.96 bits per heavy atom. The van der Waals surface area contributed by atoms with Crippen molar-refractivity contribution in [2.75, 3.05) is 19.0 Å². The van der Waals surface area contributed by atoms with E-state index in [1.807, 2.05) is 25.1 Å². The summed E-state index contributed by atoms with van der Waals surface area (Å²) >= 11 is 13.6. The average molecular weight is 397 g/mol. The van der Waals surface area contributed by atoms with Gasteiger partial charge in [-0.05, 0) is 37.3 Å². The van der Waals surface area contributed by atoms with Gasteiger partial charge in [0.1, 0.15) is 5.75 Å². The molecule has 1 aromatic heterocycles. The number of carbonyl (C=O) groups is 1. The molecule has 130 valence electrons. The maximum absolute atomic E-state index is 12.5. The molecular formula is C17H14Cl2N2O3S. The van der Waals surface area contributed by atoms with Crippen LogP contribution in [0.15, 0.2) is 30.3 Å². The Labute approximate surface area is 158 Å². The van der Waals surface area contributed by atoms with E-state index in [-0.39, 0.29) is 16.0 Å². The fraction of sp³-hybridized carbons (Fsp3) is 0.176. The van der Waals surface area contributed by atoms with E-state index >= 15 is 0 Å². The van der Waals surface area contributed by atoms with Crippen LogP contribution in [-0.2, 0) is 0 Å². The standard InChI is InChI=1S/C17H14Cl2N2O3S/c1-3-24-15-11(18)6-9(7-12(15)19)16(22)21-17-20-13-5-4-10(23-2)8-14(13)25-17/h4-8H,3H2,1-2H3,(H,20,21,22). The normalized spacial score (nSPS) is 10.7. The maximum Gasteiger partial charge on any atom is 0.257 e. The van der Waals surface area contributed by atoms with Crippen molar-refractivity contribution >= 4 is 55.8 Å². The number of rotatable bonds is 5. The third-order valence-electron chi connectivity index (χ3n) is 3.37.